The second kappa shape index (κ2) is 5.19. The number of nitrogens with one attached hydrogen (secondary N) is 3. The van der Waals surface area contributed by atoms with Crippen LogP contribution in [-0.2, 0) is 0 Å². The fourth-order valence-corrected chi connectivity index (χ4v) is 3.72. The number of aromatic amines is 1. The van der Waals surface area contributed by atoms with E-state index in [0.29, 0.717) is 5.92 Å². The number of fused-ring (bicyclic) bond motifs is 1. The first-order valence-corrected chi connectivity index (χ1v) is 8.46. The first kappa shape index (κ1) is 13.3. The zero-order valence-corrected chi connectivity index (χ0v) is 13.0. The first-order chi connectivity index (χ1) is 11.3. The molecule has 3 N–H and O–H groups in total. The quantitative estimate of drug-likeness (QED) is 0.793. The summed E-state index contributed by atoms with van der Waals surface area (Å²) in [6, 6.07) is 3.98. The SMILES string of the molecule is c1cc(Nc2cc(C3CC3)[nH]n2)nc(N2CC3CNCC3C2)n1. The fraction of sp³-hybridized carbons (Fsp3) is 0.562. The third kappa shape index (κ3) is 2.55. The van der Waals surface area contributed by atoms with Gasteiger partial charge in [0.2, 0.25) is 5.95 Å². The predicted molar refractivity (Wildman–Crippen MR) is 87.9 cm³/mol. The van der Waals surface area contributed by atoms with Gasteiger partial charge in [-0.1, -0.05) is 0 Å². The van der Waals surface area contributed by atoms with Crippen molar-refractivity contribution in [1.29, 1.82) is 0 Å². The van der Waals surface area contributed by atoms with Crippen molar-refractivity contribution >= 4 is 17.6 Å². The summed E-state index contributed by atoms with van der Waals surface area (Å²) in [5.41, 5.74) is 1.22. The van der Waals surface area contributed by atoms with Crippen molar-refractivity contribution in [3.8, 4) is 0 Å². The smallest absolute Gasteiger partial charge is 0.227 e. The highest BCUT2D eigenvalue weighted by Crippen LogP contribution is 2.39. The van der Waals surface area contributed by atoms with Gasteiger partial charge in [0.1, 0.15) is 5.82 Å². The van der Waals surface area contributed by atoms with Gasteiger partial charge in [-0.15, -0.1) is 0 Å². The molecule has 2 unspecified atom stereocenters. The fourth-order valence-electron chi connectivity index (χ4n) is 3.72. The molecule has 2 aromatic heterocycles. The summed E-state index contributed by atoms with van der Waals surface area (Å²) >= 11 is 0. The molecule has 120 valence electrons. The van der Waals surface area contributed by atoms with E-state index in [1.165, 1.54) is 18.5 Å². The van der Waals surface area contributed by atoms with Crippen LogP contribution < -0.4 is 15.5 Å². The summed E-state index contributed by atoms with van der Waals surface area (Å²) in [4.78, 5) is 11.4. The largest absolute Gasteiger partial charge is 0.340 e. The van der Waals surface area contributed by atoms with Gasteiger partial charge in [-0.05, 0) is 30.7 Å². The van der Waals surface area contributed by atoms with Crippen molar-refractivity contribution in [2.24, 2.45) is 11.8 Å². The Morgan fingerprint density at radius 3 is 2.74 bits per heavy atom. The molecule has 0 aromatic carbocycles. The van der Waals surface area contributed by atoms with E-state index in [0.717, 1.165) is 55.6 Å². The Balaban J connectivity index is 1.31. The lowest BCUT2D eigenvalue weighted by Gasteiger charge is -2.17. The molecule has 4 heterocycles. The Morgan fingerprint density at radius 2 is 1.96 bits per heavy atom. The van der Waals surface area contributed by atoms with Crippen LogP contribution in [0.1, 0.15) is 24.5 Å². The average Bonchev–Trinajstić information content (AvgIpc) is 2.95. The molecular weight excluding hydrogens is 290 g/mol. The lowest BCUT2D eigenvalue weighted by atomic mass is 10.0. The van der Waals surface area contributed by atoms with Crippen molar-refractivity contribution in [3.05, 3.63) is 24.0 Å². The van der Waals surface area contributed by atoms with E-state index < -0.39 is 0 Å². The lowest BCUT2D eigenvalue weighted by Crippen LogP contribution is -2.27. The third-order valence-electron chi connectivity index (χ3n) is 5.19. The molecule has 7 nitrogen and oxygen atoms in total. The first-order valence-electron chi connectivity index (χ1n) is 8.46. The Morgan fingerprint density at radius 1 is 1.13 bits per heavy atom. The van der Waals surface area contributed by atoms with Gasteiger partial charge in [-0.25, -0.2) is 4.98 Å². The Hall–Kier alpha value is -2.15. The molecule has 2 saturated heterocycles. The minimum absolute atomic E-state index is 0.677. The van der Waals surface area contributed by atoms with Gasteiger partial charge < -0.3 is 15.5 Å². The normalized spacial score (nSPS) is 26.5. The molecule has 23 heavy (non-hydrogen) atoms. The van der Waals surface area contributed by atoms with Gasteiger partial charge in [-0.3, -0.25) is 5.10 Å². The van der Waals surface area contributed by atoms with Gasteiger partial charge in [0.05, 0.1) is 0 Å². The highest BCUT2D eigenvalue weighted by Gasteiger charge is 2.37. The second-order valence-corrected chi connectivity index (χ2v) is 6.93. The molecule has 0 amide bonds. The van der Waals surface area contributed by atoms with E-state index in [1.54, 1.807) is 0 Å². The number of hydrogen-bond donors (Lipinski definition) is 3. The van der Waals surface area contributed by atoms with Gasteiger partial charge in [0, 0.05) is 50.1 Å². The van der Waals surface area contributed by atoms with Crippen molar-refractivity contribution in [2.45, 2.75) is 18.8 Å². The third-order valence-corrected chi connectivity index (χ3v) is 5.19. The molecular formula is C16H21N7. The molecule has 1 aliphatic carbocycles. The van der Waals surface area contributed by atoms with Gasteiger partial charge in [-0.2, -0.15) is 10.1 Å². The van der Waals surface area contributed by atoms with Gasteiger partial charge >= 0.3 is 0 Å². The Bertz CT molecular complexity index is 696. The highest BCUT2D eigenvalue weighted by atomic mass is 15.3. The molecule has 0 radical (unpaired) electrons. The standard InChI is InChI=1S/C16H21N7/c1-2-10(1)13-5-15(22-21-13)19-14-3-4-18-16(20-14)23-8-11-6-17-7-12(11)9-23/h3-5,10-12,17H,1-2,6-9H2,(H2,18,19,20,21,22). The minimum Gasteiger partial charge on any atom is -0.340 e. The number of aromatic nitrogens is 4. The minimum atomic E-state index is 0.677. The van der Waals surface area contributed by atoms with Crippen molar-refractivity contribution in [1.82, 2.24) is 25.5 Å². The van der Waals surface area contributed by atoms with Crippen LogP contribution in [0.4, 0.5) is 17.6 Å². The monoisotopic (exact) mass is 311 g/mol. The maximum absolute atomic E-state index is 4.68. The average molecular weight is 311 g/mol. The Labute approximate surface area is 134 Å². The van der Waals surface area contributed by atoms with Crippen LogP contribution in [-0.4, -0.2) is 46.3 Å². The summed E-state index contributed by atoms with van der Waals surface area (Å²) in [6.45, 7) is 4.34. The zero-order chi connectivity index (χ0) is 15.2. The molecule has 5 rings (SSSR count). The van der Waals surface area contributed by atoms with E-state index in [2.05, 4.69) is 41.8 Å². The van der Waals surface area contributed by atoms with E-state index >= 15 is 0 Å². The van der Waals surface area contributed by atoms with Crippen molar-refractivity contribution in [3.63, 3.8) is 0 Å². The molecule has 2 aliphatic heterocycles. The second-order valence-electron chi connectivity index (χ2n) is 6.93. The van der Waals surface area contributed by atoms with Crippen LogP contribution in [0.3, 0.4) is 0 Å². The maximum Gasteiger partial charge on any atom is 0.227 e. The molecule has 2 atom stereocenters. The van der Waals surface area contributed by atoms with Crippen LogP contribution in [0, 0.1) is 11.8 Å². The van der Waals surface area contributed by atoms with Crippen LogP contribution in [0.5, 0.6) is 0 Å². The summed E-state index contributed by atoms with van der Waals surface area (Å²) in [5.74, 6) is 4.61. The van der Waals surface area contributed by atoms with Crippen LogP contribution in [0.2, 0.25) is 0 Å². The molecule has 7 heteroatoms. The lowest BCUT2D eigenvalue weighted by molar-refractivity contribution is 0.533. The number of anilines is 3. The van der Waals surface area contributed by atoms with E-state index in [-0.39, 0.29) is 0 Å². The number of rotatable bonds is 4. The van der Waals surface area contributed by atoms with Crippen LogP contribution in [0.25, 0.3) is 0 Å². The topological polar surface area (TPSA) is 81.8 Å². The van der Waals surface area contributed by atoms with Gasteiger partial charge in [0.15, 0.2) is 5.82 Å². The molecule has 1 saturated carbocycles. The molecule has 3 aliphatic rings. The number of H-pyrrole nitrogens is 1. The van der Waals surface area contributed by atoms with E-state index in [9.17, 15) is 0 Å². The summed E-state index contributed by atoms with van der Waals surface area (Å²) in [7, 11) is 0. The molecule has 0 bridgehead atoms. The van der Waals surface area contributed by atoms with E-state index in [4.69, 9.17) is 0 Å². The number of hydrogen-bond acceptors (Lipinski definition) is 6. The van der Waals surface area contributed by atoms with Gasteiger partial charge in [0.25, 0.3) is 0 Å². The summed E-state index contributed by atoms with van der Waals surface area (Å²) in [5, 5.41) is 14.2. The molecule has 3 fully saturated rings. The highest BCUT2D eigenvalue weighted by molar-refractivity contribution is 5.54. The Kier molecular flexibility index (Phi) is 3.00. The molecule has 0 spiro atoms. The van der Waals surface area contributed by atoms with Crippen molar-refractivity contribution < 1.29 is 0 Å². The molecule has 2 aromatic rings. The predicted octanol–water partition coefficient (Wildman–Crippen LogP) is 1.48. The number of nitrogens with zero attached hydrogens (tertiary/aromatic N) is 4. The summed E-state index contributed by atoms with van der Waals surface area (Å²) < 4.78 is 0. The maximum atomic E-state index is 4.68. The van der Waals surface area contributed by atoms with Crippen molar-refractivity contribution in [2.75, 3.05) is 36.4 Å². The van der Waals surface area contributed by atoms with Crippen LogP contribution >= 0.6 is 0 Å². The zero-order valence-electron chi connectivity index (χ0n) is 13.0. The summed E-state index contributed by atoms with van der Waals surface area (Å²) in [6.07, 6.45) is 4.36. The van der Waals surface area contributed by atoms with Crippen LogP contribution in [0.15, 0.2) is 18.3 Å². The van der Waals surface area contributed by atoms with E-state index in [1.807, 2.05) is 12.3 Å².